The number of nitrogens with two attached hydrogens (primary N) is 2. The van der Waals surface area contributed by atoms with Crippen molar-refractivity contribution >= 4 is 5.91 Å². The van der Waals surface area contributed by atoms with Crippen molar-refractivity contribution < 1.29 is 9.53 Å². The molecule has 4 nitrogen and oxygen atoms in total. The van der Waals surface area contributed by atoms with Crippen LogP contribution in [0.5, 0.6) is 5.75 Å². The van der Waals surface area contributed by atoms with Crippen LogP contribution in [0.25, 0.3) is 0 Å². The molecule has 0 saturated carbocycles. The van der Waals surface area contributed by atoms with Crippen molar-refractivity contribution in [3.63, 3.8) is 0 Å². The molecule has 0 radical (unpaired) electrons. The van der Waals surface area contributed by atoms with E-state index in [2.05, 4.69) is 0 Å². The Morgan fingerprint density at radius 3 is 2.47 bits per heavy atom. The SMILES string of the molecule is C[C@@H](N)c1ccc(OCCCCC(N)=O)cc1. The molecule has 1 aromatic carbocycles. The maximum absolute atomic E-state index is 10.5. The third-order valence-electron chi connectivity index (χ3n) is 2.49. The number of hydrogen-bond acceptors (Lipinski definition) is 3. The van der Waals surface area contributed by atoms with Gasteiger partial charge in [0.25, 0.3) is 0 Å². The van der Waals surface area contributed by atoms with Crippen LogP contribution in [0, 0.1) is 0 Å². The number of primary amides is 1. The Bertz CT molecular complexity index is 347. The second-order valence-electron chi connectivity index (χ2n) is 4.13. The molecular weight excluding hydrogens is 216 g/mol. The fourth-order valence-electron chi connectivity index (χ4n) is 1.46. The molecule has 17 heavy (non-hydrogen) atoms. The van der Waals surface area contributed by atoms with Gasteiger partial charge >= 0.3 is 0 Å². The molecule has 1 atom stereocenters. The lowest BCUT2D eigenvalue weighted by atomic mass is 10.1. The average Bonchev–Trinajstić information content (AvgIpc) is 2.29. The van der Waals surface area contributed by atoms with Crippen LogP contribution in [0.4, 0.5) is 0 Å². The van der Waals surface area contributed by atoms with Crippen LogP contribution in [0.3, 0.4) is 0 Å². The third kappa shape index (κ3) is 5.36. The van der Waals surface area contributed by atoms with E-state index in [0.717, 1.165) is 24.2 Å². The molecular formula is C13H20N2O2. The Morgan fingerprint density at radius 2 is 1.94 bits per heavy atom. The predicted molar refractivity (Wildman–Crippen MR) is 67.6 cm³/mol. The largest absolute Gasteiger partial charge is 0.494 e. The maximum atomic E-state index is 10.5. The second kappa shape index (κ2) is 6.91. The van der Waals surface area contributed by atoms with Gasteiger partial charge in [0.2, 0.25) is 5.91 Å². The minimum Gasteiger partial charge on any atom is -0.494 e. The molecule has 0 fully saturated rings. The summed E-state index contributed by atoms with van der Waals surface area (Å²) in [5.74, 6) is 0.569. The second-order valence-corrected chi connectivity index (χ2v) is 4.13. The number of carbonyl (C=O) groups excluding carboxylic acids is 1. The Hall–Kier alpha value is -1.55. The summed E-state index contributed by atoms with van der Waals surface area (Å²) in [6, 6.07) is 7.78. The number of hydrogen-bond donors (Lipinski definition) is 2. The number of ether oxygens (including phenoxy) is 1. The van der Waals surface area contributed by atoms with Crippen LogP contribution >= 0.6 is 0 Å². The topological polar surface area (TPSA) is 78.3 Å². The molecule has 1 rings (SSSR count). The number of carbonyl (C=O) groups is 1. The van der Waals surface area contributed by atoms with Crippen molar-refractivity contribution in [3.05, 3.63) is 29.8 Å². The van der Waals surface area contributed by atoms with Crippen molar-refractivity contribution in [2.24, 2.45) is 11.5 Å². The molecule has 1 aromatic rings. The first-order chi connectivity index (χ1) is 8.09. The van der Waals surface area contributed by atoms with Crippen LogP contribution in [0.15, 0.2) is 24.3 Å². The summed E-state index contributed by atoms with van der Waals surface area (Å²) in [5, 5.41) is 0. The van der Waals surface area contributed by atoms with Gasteiger partial charge in [0.1, 0.15) is 5.75 Å². The molecule has 0 aromatic heterocycles. The monoisotopic (exact) mass is 236 g/mol. The van der Waals surface area contributed by atoms with Crippen molar-refractivity contribution in [2.75, 3.05) is 6.61 Å². The van der Waals surface area contributed by atoms with Gasteiger partial charge in [0.15, 0.2) is 0 Å². The minimum absolute atomic E-state index is 0.0413. The maximum Gasteiger partial charge on any atom is 0.217 e. The normalized spacial score (nSPS) is 12.1. The van der Waals surface area contributed by atoms with Crippen molar-refractivity contribution in [2.45, 2.75) is 32.2 Å². The number of amides is 1. The number of unbranched alkanes of at least 4 members (excludes halogenated alkanes) is 1. The molecule has 0 aliphatic carbocycles. The molecule has 4 N–H and O–H groups in total. The zero-order chi connectivity index (χ0) is 12.7. The van der Waals surface area contributed by atoms with Gasteiger partial charge in [-0.15, -0.1) is 0 Å². The standard InChI is InChI=1S/C13H20N2O2/c1-10(14)11-5-7-12(8-6-11)17-9-3-2-4-13(15)16/h5-8,10H,2-4,9,14H2,1H3,(H2,15,16)/t10-/m1/s1. The van der Waals surface area contributed by atoms with Gasteiger partial charge in [-0.3, -0.25) is 4.79 Å². The first-order valence-electron chi connectivity index (χ1n) is 5.86. The van der Waals surface area contributed by atoms with Crippen molar-refractivity contribution in [3.8, 4) is 5.75 Å². The quantitative estimate of drug-likeness (QED) is 0.708. The van der Waals surface area contributed by atoms with E-state index in [1.807, 2.05) is 31.2 Å². The molecule has 0 bridgehead atoms. The Kier molecular flexibility index (Phi) is 5.49. The Morgan fingerprint density at radius 1 is 1.29 bits per heavy atom. The third-order valence-corrected chi connectivity index (χ3v) is 2.49. The van der Waals surface area contributed by atoms with Crippen LogP contribution < -0.4 is 16.2 Å². The summed E-state index contributed by atoms with van der Waals surface area (Å²) in [5.41, 5.74) is 11.9. The highest BCUT2D eigenvalue weighted by atomic mass is 16.5. The molecule has 0 spiro atoms. The lowest BCUT2D eigenvalue weighted by molar-refractivity contribution is -0.118. The zero-order valence-corrected chi connectivity index (χ0v) is 10.2. The number of rotatable bonds is 7. The van der Waals surface area contributed by atoms with Gasteiger partial charge in [0.05, 0.1) is 6.61 Å². The molecule has 0 unspecified atom stereocenters. The highest BCUT2D eigenvalue weighted by Crippen LogP contribution is 2.16. The van der Waals surface area contributed by atoms with E-state index in [1.54, 1.807) is 0 Å². The highest BCUT2D eigenvalue weighted by Gasteiger charge is 2.00. The van der Waals surface area contributed by atoms with E-state index < -0.39 is 0 Å². The van der Waals surface area contributed by atoms with Gasteiger partial charge in [-0.2, -0.15) is 0 Å². The highest BCUT2D eigenvalue weighted by molar-refractivity contribution is 5.73. The summed E-state index contributed by atoms with van der Waals surface area (Å²) < 4.78 is 5.53. The predicted octanol–water partition coefficient (Wildman–Crippen LogP) is 1.74. The molecule has 0 heterocycles. The summed E-state index contributed by atoms with van der Waals surface area (Å²) in [7, 11) is 0. The first kappa shape index (κ1) is 13.5. The average molecular weight is 236 g/mol. The van der Waals surface area contributed by atoms with E-state index in [0.29, 0.717) is 13.0 Å². The Balaban J connectivity index is 2.25. The van der Waals surface area contributed by atoms with Gasteiger partial charge in [-0.25, -0.2) is 0 Å². The molecule has 4 heteroatoms. The molecule has 94 valence electrons. The van der Waals surface area contributed by atoms with E-state index in [4.69, 9.17) is 16.2 Å². The van der Waals surface area contributed by atoms with E-state index in [9.17, 15) is 4.79 Å². The smallest absolute Gasteiger partial charge is 0.217 e. The zero-order valence-electron chi connectivity index (χ0n) is 10.2. The fourth-order valence-corrected chi connectivity index (χ4v) is 1.46. The lowest BCUT2D eigenvalue weighted by Crippen LogP contribution is -2.10. The first-order valence-corrected chi connectivity index (χ1v) is 5.86. The van der Waals surface area contributed by atoms with Crippen LogP contribution in [-0.2, 0) is 4.79 Å². The summed E-state index contributed by atoms with van der Waals surface area (Å²) >= 11 is 0. The van der Waals surface area contributed by atoms with Gasteiger partial charge < -0.3 is 16.2 Å². The van der Waals surface area contributed by atoms with E-state index in [-0.39, 0.29) is 11.9 Å². The Labute approximate surface area is 102 Å². The lowest BCUT2D eigenvalue weighted by Gasteiger charge is -2.08. The van der Waals surface area contributed by atoms with E-state index >= 15 is 0 Å². The van der Waals surface area contributed by atoms with Crippen LogP contribution in [-0.4, -0.2) is 12.5 Å². The molecule has 0 aliphatic rings. The summed E-state index contributed by atoms with van der Waals surface area (Å²) in [4.78, 5) is 10.5. The van der Waals surface area contributed by atoms with Gasteiger partial charge in [-0.05, 0) is 37.5 Å². The molecule has 0 saturated heterocycles. The van der Waals surface area contributed by atoms with Crippen molar-refractivity contribution in [1.82, 2.24) is 0 Å². The van der Waals surface area contributed by atoms with Crippen molar-refractivity contribution in [1.29, 1.82) is 0 Å². The molecule has 1 amide bonds. The fraction of sp³-hybridized carbons (Fsp3) is 0.462. The van der Waals surface area contributed by atoms with Crippen LogP contribution in [0.1, 0.15) is 37.8 Å². The van der Waals surface area contributed by atoms with Gasteiger partial charge in [-0.1, -0.05) is 12.1 Å². The van der Waals surface area contributed by atoms with E-state index in [1.165, 1.54) is 0 Å². The minimum atomic E-state index is -0.258. The number of benzene rings is 1. The van der Waals surface area contributed by atoms with Gasteiger partial charge in [0, 0.05) is 12.5 Å². The summed E-state index contributed by atoms with van der Waals surface area (Å²) in [6.07, 6.45) is 2.03. The molecule has 0 aliphatic heterocycles. The van der Waals surface area contributed by atoms with Crippen LogP contribution in [0.2, 0.25) is 0 Å². The summed E-state index contributed by atoms with van der Waals surface area (Å²) in [6.45, 7) is 2.55.